The zero-order chi connectivity index (χ0) is 15.9. The van der Waals surface area contributed by atoms with Crippen molar-refractivity contribution < 1.29 is 14.7 Å². The van der Waals surface area contributed by atoms with Crippen LogP contribution >= 0.6 is 0 Å². The molecule has 0 aromatic carbocycles. The van der Waals surface area contributed by atoms with E-state index in [-0.39, 0.29) is 28.8 Å². The lowest BCUT2D eigenvalue weighted by molar-refractivity contribution is -0.125. The monoisotopic (exact) mass is 302 g/mol. The number of likely N-dealkylation sites (tertiary alicyclic amines) is 1. The van der Waals surface area contributed by atoms with Crippen molar-refractivity contribution in [1.82, 2.24) is 24.6 Å². The summed E-state index contributed by atoms with van der Waals surface area (Å²) in [5.74, 6) is -1.28. The molecule has 0 aliphatic carbocycles. The molecule has 3 rings (SSSR count). The molecule has 2 aromatic rings. The quantitative estimate of drug-likeness (QED) is 0.768. The summed E-state index contributed by atoms with van der Waals surface area (Å²) in [4.78, 5) is 32.6. The summed E-state index contributed by atoms with van der Waals surface area (Å²) in [6.45, 7) is 4.44. The fraction of sp³-hybridized carbons (Fsp3) is 0.308. The van der Waals surface area contributed by atoms with Crippen LogP contribution in [0.1, 0.15) is 23.0 Å². The number of nitrogen functional groups attached to an aromatic ring is 1. The molecule has 1 aliphatic rings. The van der Waals surface area contributed by atoms with Crippen molar-refractivity contribution in [3.63, 3.8) is 0 Å². The first-order chi connectivity index (χ1) is 10.5. The van der Waals surface area contributed by atoms with Crippen molar-refractivity contribution in [3.05, 3.63) is 24.7 Å². The van der Waals surface area contributed by atoms with Gasteiger partial charge in [0, 0.05) is 13.1 Å². The average molecular weight is 302 g/mol. The molecule has 9 nitrogen and oxygen atoms in total. The number of amides is 1. The Labute approximate surface area is 125 Å². The van der Waals surface area contributed by atoms with Gasteiger partial charge in [-0.2, -0.15) is 5.10 Å². The summed E-state index contributed by atoms with van der Waals surface area (Å²) in [5, 5.41) is 13.6. The molecule has 0 saturated carbocycles. The first kappa shape index (κ1) is 14.0. The Bertz CT molecular complexity index is 783. The first-order valence-corrected chi connectivity index (χ1v) is 6.66. The van der Waals surface area contributed by atoms with Crippen molar-refractivity contribution in [3.8, 4) is 0 Å². The van der Waals surface area contributed by atoms with Gasteiger partial charge in [-0.15, -0.1) is 0 Å². The number of aromatic nitrogens is 4. The molecule has 1 saturated heterocycles. The van der Waals surface area contributed by atoms with Gasteiger partial charge in [-0.05, 0) is 12.5 Å². The van der Waals surface area contributed by atoms with Gasteiger partial charge in [0.25, 0.3) is 0 Å². The Balaban J connectivity index is 2.05. The van der Waals surface area contributed by atoms with Crippen molar-refractivity contribution in [2.75, 3.05) is 18.8 Å². The van der Waals surface area contributed by atoms with E-state index in [9.17, 15) is 14.7 Å². The van der Waals surface area contributed by atoms with Crippen molar-refractivity contribution in [2.24, 2.45) is 0 Å². The van der Waals surface area contributed by atoms with E-state index in [0.717, 1.165) is 0 Å². The minimum Gasteiger partial charge on any atom is -0.476 e. The fourth-order valence-electron chi connectivity index (χ4n) is 2.67. The second-order valence-electron chi connectivity index (χ2n) is 4.99. The van der Waals surface area contributed by atoms with Gasteiger partial charge in [-0.25, -0.2) is 19.4 Å². The lowest BCUT2D eigenvalue weighted by Crippen LogP contribution is -2.27. The van der Waals surface area contributed by atoms with Gasteiger partial charge in [0.1, 0.15) is 12.1 Å². The molecule has 1 amide bonds. The molecule has 114 valence electrons. The van der Waals surface area contributed by atoms with Crippen LogP contribution in [-0.2, 0) is 4.79 Å². The van der Waals surface area contributed by atoms with Crippen LogP contribution in [0.3, 0.4) is 0 Å². The summed E-state index contributed by atoms with van der Waals surface area (Å²) in [6.07, 6.45) is 3.18. The highest BCUT2D eigenvalue weighted by Crippen LogP contribution is 2.28. The van der Waals surface area contributed by atoms with E-state index in [1.165, 1.54) is 17.1 Å². The standard InChI is InChI=1S/C13H14N6O3/c1-2-8(20)18-4-3-7(5-18)19-12-9(10(17-19)13(21)22)11(14)15-6-16-12/h2,6-7H,1,3-5H2,(H,21,22)(H2,14,15,16). The Morgan fingerprint density at radius 2 is 2.23 bits per heavy atom. The topological polar surface area (TPSA) is 127 Å². The molecule has 3 heterocycles. The minimum atomic E-state index is -1.19. The van der Waals surface area contributed by atoms with Crippen LogP contribution in [0.5, 0.6) is 0 Å². The van der Waals surface area contributed by atoms with E-state index in [1.54, 1.807) is 4.90 Å². The third kappa shape index (κ3) is 2.07. The Morgan fingerprint density at radius 3 is 2.91 bits per heavy atom. The molecule has 0 spiro atoms. The molecule has 2 aromatic heterocycles. The van der Waals surface area contributed by atoms with E-state index in [2.05, 4.69) is 21.6 Å². The minimum absolute atomic E-state index is 0.0747. The second-order valence-corrected chi connectivity index (χ2v) is 4.99. The van der Waals surface area contributed by atoms with Crippen molar-refractivity contribution in [1.29, 1.82) is 0 Å². The van der Waals surface area contributed by atoms with Crippen LogP contribution in [0.25, 0.3) is 11.0 Å². The highest BCUT2D eigenvalue weighted by Gasteiger charge is 2.30. The molecule has 0 bridgehead atoms. The van der Waals surface area contributed by atoms with E-state index < -0.39 is 5.97 Å². The van der Waals surface area contributed by atoms with Crippen molar-refractivity contribution >= 4 is 28.7 Å². The molecular weight excluding hydrogens is 288 g/mol. The number of carboxylic acids is 1. The second kappa shape index (κ2) is 5.10. The maximum Gasteiger partial charge on any atom is 0.357 e. The molecule has 1 unspecified atom stereocenters. The van der Waals surface area contributed by atoms with Crippen LogP contribution in [-0.4, -0.2) is 54.7 Å². The normalized spacial score (nSPS) is 17.8. The highest BCUT2D eigenvalue weighted by molar-refractivity contribution is 6.04. The van der Waals surface area contributed by atoms with Gasteiger partial charge < -0.3 is 15.7 Å². The van der Waals surface area contributed by atoms with Crippen LogP contribution in [0.4, 0.5) is 5.82 Å². The number of aromatic carboxylic acids is 1. The molecule has 1 atom stereocenters. The van der Waals surface area contributed by atoms with E-state index in [0.29, 0.717) is 25.2 Å². The van der Waals surface area contributed by atoms with Gasteiger partial charge >= 0.3 is 5.97 Å². The van der Waals surface area contributed by atoms with E-state index >= 15 is 0 Å². The maximum atomic E-state index is 11.7. The molecule has 0 radical (unpaired) electrons. The predicted octanol–water partition coefficient (Wildman–Crippen LogP) is 0.0661. The molecule has 3 N–H and O–H groups in total. The summed E-state index contributed by atoms with van der Waals surface area (Å²) in [6, 6.07) is -0.159. The van der Waals surface area contributed by atoms with E-state index in [4.69, 9.17) is 5.73 Å². The Hall–Kier alpha value is -2.97. The molecular formula is C13H14N6O3. The number of carboxylic acid groups (broad SMARTS) is 1. The Morgan fingerprint density at radius 1 is 1.45 bits per heavy atom. The number of nitrogens with zero attached hydrogens (tertiary/aromatic N) is 5. The smallest absolute Gasteiger partial charge is 0.357 e. The van der Waals surface area contributed by atoms with Gasteiger partial charge in [-0.1, -0.05) is 6.58 Å². The summed E-state index contributed by atoms with van der Waals surface area (Å²) in [7, 11) is 0. The number of anilines is 1. The van der Waals surface area contributed by atoms with Crippen LogP contribution in [0.15, 0.2) is 19.0 Å². The van der Waals surface area contributed by atoms with Crippen LogP contribution in [0.2, 0.25) is 0 Å². The molecule has 1 aliphatic heterocycles. The first-order valence-electron chi connectivity index (χ1n) is 6.66. The summed E-state index contributed by atoms with van der Waals surface area (Å²) < 4.78 is 1.52. The number of hydrogen-bond donors (Lipinski definition) is 2. The third-order valence-electron chi connectivity index (χ3n) is 3.72. The van der Waals surface area contributed by atoms with Gasteiger partial charge in [-0.3, -0.25) is 4.79 Å². The van der Waals surface area contributed by atoms with Crippen LogP contribution < -0.4 is 5.73 Å². The number of rotatable bonds is 3. The largest absolute Gasteiger partial charge is 0.476 e. The third-order valence-corrected chi connectivity index (χ3v) is 3.72. The predicted molar refractivity (Wildman–Crippen MR) is 77.1 cm³/mol. The number of carbonyl (C=O) groups is 2. The Kier molecular flexibility index (Phi) is 3.24. The summed E-state index contributed by atoms with van der Waals surface area (Å²) in [5.41, 5.74) is 5.94. The number of hydrogen-bond acceptors (Lipinski definition) is 6. The fourth-order valence-corrected chi connectivity index (χ4v) is 2.67. The van der Waals surface area contributed by atoms with Gasteiger partial charge in [0.15, 0.2) is 11.3 Å². The lowest BCUT2D eigenvalue weighted by atomic mass is 10.2. The highest BCUT2D eigenvalue weighted by atomic mass is 16.4. The molecule has 9 heteroatoms. The number of nitrogens with two attached hydrogens (primary N) is 1. The maximum absolute atomic E-state index is 11.7. The van der Waals surface area contributed by atoms with Gasteiger partial charge in [0.05, 0.1) is 11.4 Å². The lowest BCUT2D eigenvalue weighted by Gasteiger charge is -2.14. The van der Waals surface area contributed by atoms with Crippen LogP contribution in [0, 0.1) is 0 Å². The zero-order valence-corrected chi connectivity index (χ0v) is 11.6. The summed E-state index contributed by atoms with van der Waals surface area (Å²) >= 11 is 0. The number of fused-ring (bicyclic) bond motifs is 1. The molecule has 22 heavy (non-hydrogen) atoms. The molecule has 1 fully saturated rings. The average Bonchev–Trinajstić information content (AvgIpc) is 3.11. The van der Waals surface area contributed by atoms with Crippen molar-refractivity contribution in [2.45, 2.75) is 12.5 Å². The van der Waals surface area contributed by atoms with E-state index in [1.807, 2.05) is 0 Å². The zero-order valence-electron chi connectivity index (χ0n) is 11.6. The number of carbonyl (C=O) groups excluding carboxylic acids is 1. The SMILES string of the molecule is C=CC(=O)N1CCC(n2nc(C(=O)O)c3c(N)ncnc32)C1. The van der Waals surface area contributed by atoms with Gasteiger partial charge in [0.2, 0.25) is 5.91 Å².